The maximum absolute atomic E-state index is 7.37. The van der Waals surface area contributed by atoms with Crippen LogP contribution in [-0.4, -0.2) is 0 Å². The predicted octanol–water partition coefficient (Wildman–Crippen LogP) is 11.7. The van der Waals surface area contributed by atoms with Crippen molar-refractivity contribution in [1.29, 1.82) is 0 Å². The first-order chi connectivity index (χ1) is 24.1. The molecule has 0 saturated heterocycles. The summed E-state index contributed by atoms with van der Waals surface area (Å²) in [6.45, 7) is 13.0. The lowest BCUT2D eigenvalue weighted by Gasteiger charge is -2.42. The molecule has 3 nitrogen and oxygen atoms in total. The van der Waals surface area contributed by atoms with Crippen molar-refractivity contribution in [3.63, 3.8) is 0 Å². The Morgan fingerprint density at radius 1 is 0.306 bits per heavy atom. The van der Waals surface area contributed by atoms with Crippen LogP contribution in [0.15, 0.2) is 220 Å². The standard InChI is InChI=1S/C45H39O3P/c1-4-43(37-25-13-7-14-26-37,38-27-15-8-16-28-38)46-49(47-44(5-2,39-29-17-9-18-30-39)40-31-19-10-20-32-40)48-45(6-3,41-33-21-11-22-34-41)42-35-23-12-24-36-42/h4-36H,1-3H2. The zero-order valence-corrected chi connectivity index (χ0v) is 28.2. The molecule has 0 aliphatic heterocycles. The summed E-state index contributed by atoms with van der Waals surface area (Å²) < 4.78 is 22.1. The van der Waals surface area contributed by atoms with Crippen LogP contribution in [0.25, 0.3) is 0 Å². The average molecular weight is 659 g/mol. The molecule has 0 amide bonds. The fourth-order valence-corrected chi connectivity index (χ4v) is 7.83. The van der Waals surface area contributed by atoms with Crippen LogP contribution in [0.5, 0.6) is 0 Å². The lowest BCUT2D eigenvalue weighted by atomic mass is 9.86. The Morgan fingerprint density at radius 2 is 0.469 bits per heavy atom. The topological polar surface area (TPSA) is 27.7 Å². The number of hydrogen-bond acceptors (Lipinski definition) is 3. The number of hydrogen-bond donors (Lipinski definition) is 0. The van der Waals surface area contributed by atoms with E-state index < -0.39 is 25.4 Å². The van der Waals surface area contributed by atoms with Crippen molar-refractivity contribution in [2.24, 2.45) is 0 Å². The van der Waals surface area contributed by atoms with Gasteiger partial charge in [-0.2, -0.15) is 0 Å². The minimum absolute atomic E-state index is 0.878. The second kappa shape index (κ2) is 15.4. The van der Waals surface area contributed by atoms with E-state index in [9.17, 15) is 0 Å². The van der Waals surface area contributed by atoms with E-state index in [2.05, 4.69) is 19.7 Å². The zero-order chi connectivity index (χ0) is 34.0. The summed E-state index contributed by atoms with van der Waals surface area (Å²) in [6.07, 6.45) is 5.46. The van der Waals surface area contributed by atoms with Crippen molar-refractivity contribution in [1.82, 2.24) is 0 Å². The first-order valence-corrected chi connectivity index (χ1v) is 17.3. The quantitative estimate of drug-likeness (QED) is 0.0812. The summed E-state index contributed by atoms with van der Waals surface area (Å²) in [4.78, 5) is 0. The average Bonchev–Trinajstić information content (AvgIpc) is 3.20. The molecule has 0 unspecified atom stereocenters. The third-order valence-electron chi connectivity index (χ3n) is 8.73. The summed E-state index contributed by atoms with van der Waals surface area (Å²) in [5.74, 6) is 0. The molecule has 0 heterocycles. The minimum Gasteiger partial charge on any atom is -0.291 e. The first kappa shape index (κ1) is 33.7. The van der Waals surface area contributed by atoms with Gasteiger partial charge >= 0.3 is 8.60 Å². The first-order valence-electron chi connectivity index (χ1n) is 16.2. The molecule has 0 fully saturated rings. The van der Waals surface area contributed by atoms with Crippen LogP contribution in [-0.2, 0) is 30.4 Å². The van der Waals surface area contributed by atoms with E-state index >= 15 is 0 Å². The van der Waals surface area contributed by atoms with E-state index in [1.165, 1.54) is 0 Å². The van der Waals surface area contributed by atoms with Gasteiger partial charge in [0, 0.05) is 0 Å². The van der Waals surface area contributed by atoms with Crippen molar-refractivity contribution in [2.75, 3.05) is 0 Å². The van der Waals surface area contributed by atoms with Crippen molar-refractivity contribution < 1.29 is 13.6 Å². The number of benzene rings is 6. The fourth-order valence-electron chi connectivity index (χ4n) is 6.16. The van der Waals surface area contributed by atoms with Gasteiger partial charge in [0.25, 0.3) is 0 Å². The molecule has 4 heteroatoms. The van der Waals surface area contributed by atoms with Crippen LogP contribution in [0.2, 0.25) is 0 Å². The van der Waals surface area contributed by atoms with E-state index in [-0.39, 0.29) is 0 Å². The molecular formula is C45H39O3P. The third-order valence-corrected chi connectivity index (χ3v) is 10.0. The van der Waals surface area contributed by atoms with Crippen molar-refractivity contribution in [3.8, 4) is 0 Å². The predicted molar refractivity (Wildman–Crippen MR) is 202 cm³/mol. The van der Waals surface area contributed by atoms with E-state index in [0.717, 1.165) is 33.4 Å². The Kier molecular flexibility index (Phi) is 10.6. The second-order valence-corrected chi connectivity index (χ2v) is 12.5. The van der Waals surface area contributed by atoms with E-state index in [4.69, 9.17) is 13.6 Å². The smallest absolute Gasteiger partial charge is 0.291 e. The largest absolute Gasteiger partial charge is 0.337 e. The Morgan fingerprint density at radius 3 is 0.612 bits per heavy atom. The fraction of sp³-hybridized carbons (Fsp3) is 0.0667. The van der Waals surface area contributed by atoms with Crippen molar-refractivity contribution >= 4 is 8.60 Å². The van der Waals surface area contributed by atoms with Gasteiger partial charge in [-0.25, -0.2) is 0 Å². The summed E-state index contributed by atoms with van der Waals surface area (Å²) in [6, 6.07) is 60.2. The van der Waals surface area contributed by atoms with E-state index in [1.807, 2.05) is 200 Å². The second-order valence-electron chi connectivity index (χ2n) is 11.5. The molecule has 49 heavy (non-hydrogen) atoms. The molecule has 0 spiro atoms. The molecule has 0 radical (unpaired) electrons. The molecule has 6 aromatic carbocycles. The normalized spacial score (nSPS) is 11.9. The van der Waals surface area contributed by atoms with Gasteiger partial charge in [-0.1, -0.05) is 220 Å². The SMILES string of the molecule is C=CC(OP(OC(C=C)(c1ccccc1)c1ccccc1)OC(C=C)(c1ccccc1)c1ccccc1)(c1ccccc1)c1ccccc1. The Labute approximate surface area is 291 Å². The number of rotatable bonds is 15. The highest BCUT2D eigenvalue weighted by Gasteiger charge is 2.46. The molecule has 0 aliphatic carbocycles. The molecule has 0 atom stereocenters. The molecular weight excluding hydrogens is 619 g/mol. The van der Waals surface area contributed by atoms with Gasteiger partial charge in [0.2, 0.25) is 0 Å². The maximum atomic E-state index is 7.37. The highest BCUT2D eigenvalue weighted by molar-refractivity contribution is 7.41. The molecule has 242 valence electrons. The molecule has 6 aromatic rings. The van der Waals surface area contributed by atoms with Crippen LogP contribution in [0, 0.1) is 0 Å². The van der Waals surface area contributed by atoms with E-state index in [1.54, 1.807) is 0 Å². The van der Waals surface area contributed by atoms with Crippen LogP contribution in [0.4, 0.5) is 0 Å². The van der Waals surface area contributed by atoms with Crippen molar-refractivity contribution in [3.05, 3.63) is 253 Å². The molecule has 0 aromatic heterocycles. The highest BCUT2D eigenvalue weighted by atomic mass is 31.2. The summed E-state index contributed by atoms with van der Waals surface area (Å²) in [7, 11) is -2.30. The zero-order valence-electron chi connectivity index (χ0n) is 27.3. The third kappa shape index (κ3) is 6.76. The van der Waals surface area contributed by atoms with Gasteiger partial charge in [0.15, 0.2) is 0 Å². The minimum atomic E-state index is -2.30. The lowest BCUT2D eigenvalue weighted by Crippen LogP contribution is -2.35. The van der Waals surface area contributed by atoms with Gasteiger partial charge in [-0.05, 0) is 33.4 Å². The van der Waals surface area contributed by atoms with Crippen LogP contribution < -0.4 is 0 Å². The summed E-state index contributed by atoms with van der Waals surface area (Å²) >= 11 is 0. The van der Waals surface area contributed by atoms with Crippen LogP contribution in [0.3, 0.4) is 0 Å². The maximum Gasteiger partial charge on any atom is 0.337 e. The van der Waals surface area contributed by atoms with Crippen molar-refractivity contribution in [2.45, 2.75) is 16.8 Å². The summed E-state index contributed by atoms with van der Waals surface area (Å²) in [5, 5.41) is 0. The Bertz CT molecular complexity index is 1580. The monoisotopic (exact) mass is 658 g/mol. The van der Waals surface area contributed by atoms with Crippen LogP contribution >= 0.6 is 8.60 Å². The van der Waals surface area contributed by atoms with Crippen LogP contribution in [0.1, 0.15) is 33.4 Å². The Balaban J connectivity index is 1.61. The van der Waals surface area contributed by atoms with Gasteiger partial charge in [-0.15, -0.1) is 0 Å². The Hall–Kier alpha value is -5.15. The molecule has 0 bridgehead atoms. The van der Waals surface area contributed by atoms with Gasteiger partial charge in [0.1, 0.15) is 16.8 Å². The summed E-state index contributed by atoms with van der Waals surface area (Å²) in [5.41, 5.74) is 1.79. The van der Waals surface area contributed by atoms with Gasteiger partial charge in [-0.3, -0.25) is 13.6 Å². The molecule has 0 N–H and O–H groups in total. The molecule has 6 rings (SSSR count). The highest BCUT2D eigenvalue weighted by Crippen LogP contribution is 2.60. The molecule has 0 aliphatic rings. The van der Waals surface area contributed by atoms with Gasteiger partial charge in [0.05, 0.1) is 0 Å². The lowest BCUT2D eigenvalue weighted by molar-refractivity contribution is 0.0258. The van der Waals surface area contributed by atoms with E-state index in [0.29, 0.717) is 0 Å². The van der Waals surface area contributed by atoms with Gasteiger partial charge < -0.3 is 0 Å². The molecule has 0 saturated carbocycles.